The van der Waals surface area contributed by atoms with Gasteiger partial charge in [-0.2, -0.15) is 0 Å². The molecule has 0 aromatic heterocycles. The zero-order chi connectivity index (χ0) is 17.7. The van der Waals surface area contributed by atoms with Gasteiger partial charge in [-0.1, -0.05) is 6.92 Å². The number of carbonyl (C=O) groups excluding carboxylic acids is 1. The molecule has 0 unspecified atom stereocenters. The normalized spacial score (nSPS) is 15.6. The lowest BCUT2D eigenvalue weighted by Gasteiger charge is -2.30. The Labute approximate surface area is 144 Å². The molecule has 0 saturated carbocycles. The number of esters is 1. The lowest BCUT2D eigenvalue weighted by atomic mass is 10.1. The van der Waals surface area contributed by atoms with E-state index in [0.29, 0.717) is 12.2 Å². The zero-order valence-corrected chi connectivity index (χ0v) is 15.4. The summed E-state index contributed by atoms with van der Waals surface area (Å²) in [7, 11) is -0.644. The number of nitrogens with zero attached hydrogens (tertiary/aromatic N) is 2. The molecule has 1 fully saturated rings. The molecule has 6 nitrogen and oxygen atoms in total. The molecular weight excluding hydrogens is 328 g/mol. The minimum absolute atomic E-state index is 0.108. The van der Waals surface area contributed by atoms with Gasteiger partial charge in [0.2, 0.25) is 10.0 Å². The van der Waals surface area contributed by atoms with E-state index in [-0.39, 0.29) is 4.90 Å². The van der Waals surface area contributed by atoms with Crippen molar-refractivity contribution in [1.82, 2.24) is 4.31 Å². The molecule has 0 N–H and O–H groups in total. The van der Waals surface area contributed by atoms with E-state index >= 15 is 0 Å². The van der Waals surface area contributed by atoms with Crippen molar-refractivity contribution in [3.05, 3.63) is 23.8 Å². The highest BCUT2D eigenvalue weighted by atomic mass is 32.2. The van der Waals surface area contributed by atoms with Crippen LogP contribution in [0.25, 0.3) is 0 Å². The molecule has 0 aliphatic carbocycles. The first-order chi connectivity index (χ1) is 11.4. The number of anilines is 1. The molecule has 1 saturated heterocycles. The molecule has 0 bridgehead atoms. The second-order valence-corrected chi connectivity index (χ2v) is 8.30. The second-order valence-electron chi connectivity index (χ2n) is 6.15. The highest BCUT2D eigenvalue weighted by Crippen LogP contribution is 2.28. The third-order valence-electron chi connectivity index (χ3n) is 4.10. The van der Waals surface area contributed by atoms with Crippen LogP contribution in [0, 0.1) is 0 Å². The van der Waals surface area contributed by atoms with Crippen LogP contribution in [-0.4, -0.2) is 52.5 Å². The summed E-state index contributed by atoms with van der Waals surface area (Å²) < 4.78 is 31.1. The van der Waals surface area contributed by atoms with Gasteiger partial charge in [-0.15, -0.1) is 0 Å². The molecule has 0 spiro atoms. The van der Waals surface area contributed by atoms with Gasteiger partial charge in [0.1, 0.15) is 0 Å². The topological polar surface area (TPSA) is 66.9 Å². The Morgan fingerprint density at radius 3 is 2.46 bits per heavy atom. The maximum Gasteiger partial charge on any atom is 0.340 e. The maximum absolute atomic E-state index is 12.5. The Kier molecular flexibility index (Phi) is 6.23. The van der Waals surface area contributed by atoms with Crippen LogP contribution in [-0.2, 0) is 14.8 Å². The van der Waals surface area contributed by atoms with Crippen LogP contribution in [0.3, 0.4) is 0 Å². The van der Waals surface area contributed by atoms with Crippen molar-refractivity contribution in [2.75, 3.05) is 38.7 Å². The van der Waals surface area contributed by atoms with E-state index in [1.54, 1.807) is 12.1 Å². The molecule has 1 aromatic carbocycles. The smallest absolute Gasteiger partial charge is 0.340 e. The maximum atomic E-state index is 12.5. The monoisotopic (exact) mass is 354 g/mol. The lowest BCUT2D eigenvalue weighted by Crippen LogP contribution is -2.31. The Morgan fingerprint density at radius 2 is 1.88 bits per heavy atom. The predicted octanol–water partition coefficient (Wildman–Crippen LogP) is 2.49. The fraction of sp³-hybridized carbons (Fsp3) is 0.588. The first-order valence-corrected chi connectivity index (χ1v) is 9.80. The van der Waals surface area contributed by atoms with Gasteiger partial charge in [-0.25, -0.2) is 17.5 Å². The third kappa shape index (κ3) is 4.08. The predicted molar refractivity (Wildman–Crippen MR) is 94.0 cm³/mol. The molecule has 2 rings (SSSR count). The average Bonchev–Trinajstić information content (AvgIpc) is 2.59. The fourth-order valence-corrected chi connectivity index (χ4v) is 3.66. The molecule has 1 aliphatic heterocycles. The Bertz CT molecular complexity index is 680. The van der Waals surface area contributed by atoms with Gasteiger partial charge < -0.3 is 9.64 Å². The summed E-state index contributed by atoms with van der Waals surface area (Å²) >= 11 is 0. The van der Waals surface area contributed by atoms with Crippen LogP contribution in [0.2, 0.25) is 0 Å². The molecule has 134 valence electrons. The first-order valence-electron chi connectivity index (χ1n) is 8.36. The van der Waals surface area contributed by atoms with E-state index in [1.807, 2.05) is 6.92 Å². The van der Waals surface area contributed by atoms with Crippen molar-refractivity contribution < 1.29 is 17.9 Å². The molecule has 1 heterocycles. The van der Waals surface area contributed by atoms with Gasteiger partial charge in [0.25, 0.3) is 0 Å². The number of rotatable bonds is 6. The quantitative estimate of drug-likeness (QED) is 0.734. The van der Waals surface area contributed by atoms with E-state index in [9.17, 15) is 13.2 Å². The van der Waals surface area contributed by atoms with Crippen molar-refractivity contribution >= 4 is 21.7 Å². The van der Waals surface area contributed by atoms with Crippen molar-refractivity contribution in [2.45, 2.75) is 37.5 Å². The Balaban J connectivity index is 2.45. The van der Waals surface area contributed by atoms with Crippen molar-refractivity contribution in [2.24, 2.45) is 0 Å². The van der Waals surface area contributed by atoms with E-state index in [0.717, 1.165) is 42.3 Å². The summed E-state index contributed by atoms with van der Waals surface area (Å²) in [4.78, 5) is 14.7. The summed E-state index contributed by atoms with van der Waals surface area (Å²) in [6.07, 6.45) is 4.04. The van der Waals surface area contributed by atoms with Crippen molar-refractivity contribution in [3.8, 4) is 0 Å². The molecule has 0 amide bonds. The first kappa shape index (κ1) is 18.7. The highest BCUT2D eigenvalue weighted by molar-refractivity contribution is 7.89. The number of carbonyl (C=O) groups is 1. The molecular formula is C17H26N2O4S. The molecule has 24 heavy (non-hydrogen) atoms. The molecule has 1 aromatic rings. The summed E-state index contributed by atoms with van der Waals surface area (Å²) in [5.74, 6) is -0.465. The summed E-state index contributed by atoms with van der Waals surface area (Å²) in [5.41, 5.74) is 1.08. The standard InChI is InChI=1S/C17H26N2O4S/c1-4-12-23-17(20)15-13-14(24(21,22)18(2)3)8-9-16(15)19-10-6-5-7-11-19/h8-9,13H,4-7,10-12H2,1-3H3. The highest BCUT2D eigenvalue weighted by Gasteiger charge is 2.24. The number of hydrogen-bond acceptors (Lipinski definition) is 5. The van der Waals surface area contributed by atoms with Crippen LogP contribution < -0.4 is 4.90 Å². The molecule has 1 aliphatic rings. The third-order valence-corrected chi connectivity index (χ3v) is 5.91. The number of hydrogen-bond donors (Lipinski definition) is 0. The Hall–Kier alpha value is -1.60. The number of benzene rings is 1. The van der Waals surface area contributed by atoms with E-state index in [2.05, 4.69) is 4.90 Å². The van der Waals surface area contributed by atoms with Gasteiger partial charge in [0.05, 0.1) is 22.8 Å². The minimum atomic E-state index is -3.59. The summed E-state index contributed by atoms with van der Waals surface area (Å²) in [6.45, 7) is 3.98. The molecule has 7 heteroatoms. The fourth-order valence-electron chi connectivity index (χ4n) is 2.73. The summed E-state index contributed by atoms with van der Waals surface area (Å²) in [6, 6.07) is 4.73. The number of sulfonamides is 1. The van der Waals surface area contributed by atoms with Crippen LogP contribution in [0.4, 0.5) is 5.69 Å². The zero-order valence-electron chi connectivity index (χ0n) is 14.6. The van der Waals surface area contributed by atoms with Gasteiger partial charge >= 0.3 is 5.97 Å². The van der Waals surface area contributed by atoms with Crippen LogP contribution >= 0.6 is 0 Å². The largest absolute Gasteiger partial charge is 0.462 e. The number of piperidine rings is 1. The lowest BCUT2D eigenvalue weighted by molar-refractivity contribution is 0.0505. The average molecular weight is 354 g/mol. The molecule has 0 radical (unpaired) electrons. The van der Waals surface area contributed by atoms with E-state index in [4.69, 9.17) is 4.74 Å². The second kappa shape index (κ2) is 7.98. The van der Waals surface area contributed by atoms with Crippen LogP contribution in [0.15, 0.2) is 23.1 Å². The van der Waals surface area contributed by atoms with Crippen LogP contribution in [0.1, 0.15) is 43.0 Å². The van der Waals surface area contributed by atoms with Gasteiger partial charge in [0.15, 0.2) is 0 Å². The van der Waals surface area contributed by atoms with Gasteiger partial charge in [0, 0.05) is 27.2 Å². The Morgan fingerprint density at radius 1 is 1.21 bits per heavy atom. The molecule has 0 atom stereocenters. The summed E-state index contributed by atoms with van der Waals surface area (Å²) in [5, 5.41) is 0. The van der Waals surface area contributed by atoms with Crippen molar-refractivity contribution in [3.63, 3.8) is 0 Å². The minimum Gasteiger partial charge on any atom is -0.462 e. The SMILES string of the molecule is CCCOC(=O)c1cc(S(=O)(=O)N(C)C)ccc1N1CCCCC1. The number of ether oxygens (including phenoxy) is 1. The van der Waals surface area contributed by atoms with Crippen LogP contribution in [0.5, 0.6) is 0 Å². The van der Waals surface area contributed by atoms with Gasteiger partial charge in [-0.3, -0.25) is 0 Å². The van der Waals surface area contributed by atoms with Gasteiger partial charge in [-0.05, 0) is 43.9 Å². The van der Waals surface area contributed by atoms with E-state index in [1.165, 1.54) is 26.6 Å². The van der Waals surface area contributed by atoms with E-state index < -0.39 is 16.0 Å². The van der Waals surface area contributed by atoms with Crippen molar-refractivity contribution in [1.29, 1.82) is 0 Å².